The fourth-order valence-corrected chi connectivity index (χ4v) is 5.34. The van der Waals surface area contributed by atoms with E-state index in [0.29, 0.717) is 29.3 Å². The summed E-state index contributed by atoms with van der Waals surface area (Å²) in [5.41, 5.74) is 2.75. The van der Waals surface area contributed by atoms with Crippen LogP contribution in [0.15, 0.2) is 18.2 Å². The van der Waals surface area contributed by atoms with Crippen molar-refractivity contribution in [2.75, 3.05) is 0 Å². The van der Waals surface area contributed by atoms with Crippen molar-refractivity contribution in [3.05, 3.63) is 29.3 Å². The maximum absolute atomic E-state index is 12.3. The first-order chi connectivity index (χ1) is 9.59. The van der Waals surface area contributed by atoms with Crippen molar-refractivity contribution in [2.45, 2.75) is 51.4 Å². The Bertz CT molecular complexity index is 583. The first kappa shape index (κ1) is 15.6. The summed E-state index contributed by atoms with van der Waals surface area (Å²) in [4.78, 5) is 12.3. The van der Waals surface area contributed by atoms with Crippen molar-refractivity contribution in [2.24, 2.45) is 17.3 Å². The summed E-state index contributed by atoms with van der Waals surface area (Å²) in [5.74, 6) is 2.78. The Morgan fingerprint density at radius 3 is 2.81 bits per heavy atom. The predicted molar refractivity (Wildman–Crippen MR) is 84.9 cm³/mol. The van der Waals surface area contributed by atoms with Crippen LogP contribution in [0, 0.1) is 17.3 Å². The summed E-state index contributed by atoms with van der Waals surface area (Å²) in [6.07, 6.45) is 6.34. The van der Waals surface area contributed by atoms with E-state index in [4.69, 9.17) is 0 Å². The molecule has 3 heteroatoms. The molecule has 0 aliphatic heterocycles. The van der Waals surface area contributed by atoms with Gasteiger partial charge in [-0.15, -0.1) is 0 Å². The molecule has 1 aromatic rings. The molecule has 2 nitrogen and oxygen atoms in total. The quantitative estimate of drug-likeness (QED) is 0.746. The van der Waals surface area contributed by atoms with Crippen LogP contribution in [-0.2, 0) is 11.2 Å². The molecular formula is C18H23NaO2. The predicted octanol–water partition coefficient (Wildman–Crippen LogP) is 3.17. The second kappa shape index (κ2) is 5.40. The van der Waals surface area contributed by atoms with Crippen LogP contribution in [-0.4, -0.2) is 40.4 Å². The number of aromatic hydroxyl groups is 1. The van der Waals surface area contributed by atoms with Gasteiger partial charge in [0.05, 0.1) is 0 Å². The Morgan fingerprint density at radius 2 is 2.00 bits per heavy atom. The number of hydrogen-bond acceptors (Lipinski definition) is 2. The second-order valence-electron chi connectivity index (χ2n) is 7.22. The molecular weight excluding hydrogens is 271 g/mol. The Labute approximate surface area is 148 Å². The molecule has 2 fully saturated rings. The molecule has 108 valence electrons. The summed E-state index contributed by atoms with van der Waals surface area (Å²) in [5, 5.41) is 9.67. The number of benzene rings is 1. The van der Waals surface area contributed by atoms with Crippen LogP contribution in [0.1, 0.15) is 56.1 Å². The third-order valence-electron chi connectivity index (χ3n) is 6.42. The molecule has 0 saturated heterocycles. The monoisotopic (exact) mass is 294 g/mol. The fourth-order valence-electron chi connectivity index (χ4n) is 5.34. The molecule has 4 rings (SSSR count). The zero-order chi connectivity index (χ0) is 13.9. The third-order valence-corrected chi connectivity index (χ3v) is 6.42. The van der Waals surface area contributed by atoms with E-state index >= 15 is 0 Å². The van der Waals surface area contributed by atoms with Crippen LogP contribution in [0.3, 0.4) is 0 Å². The van der Waals surface area contributed by atoms with E-state index in [1.807, 2.05) is 12.1 Å². The van der Waals surface area contributed by atoms with E-state index in [-0.39, 0.29) is 35.0 Å². The van der Waals surface area contributed by atoms with E-state index in [9.17, 15) is 9.90 Å². The van der Waals surface area contributed by atoms with Crippen molar-refractivity contribution in [1.82, 2.24) is 0 Å². The average molecular weight is 294 g/mol. The summed E-state index contributed by atoms with van der Waals surface area (Å²) >= 11 is 0. The number of phenolic OH excluding ortho intramolecular Hbond substituents is 1. The standard InChI is InChI=1S/C18H22O2.Na.H/c1-18-9-8-14-13-5-3-12(19)10-11(13)2-4-15(14)16(18)6-7-17(18)20;;/h3,5,10,14-16,19H,2,4,6-9H2,1H3;;/t14-,15-,16?,18-;;/m0../s1. The van der Waals surface area contributed by atoms with E-state index in [1.54, 1.807) is 0 Å². The molecule has 0 heterocycles. The number of carbonyl (C=O) groups excluding carboxylic acids is 1. The molecule has 0 radical (unpaired) electrons. The summed E-state index contributed by atoms with van der Waals surface area (Å²) in [7, 11) is 0. The van der Waals surface area contributed by atoms with Gasteiger partial charge in [-0.3, -0.25) is 4.79 Å². The number of fused-ring (bicyclic) bond motifs is 5. The molecule has 0 aromatic heterocycles. The van der Waals surface area contributed by atoms with Gasteiger partial charge in [0, 0.05) is 11.8 Å². The molecule has 1 aromatic carbocycles. The van der Waals surface area contributed by atoms with Crippen molar-refractivity contribution < 1.29 is 9.90 Å². The summed E-state index contributed by atoms with van der Waals surface area (Å²) in [6, 6.07) is 5.90. The minimum atomic E-state index is -0.0322. The Balaban J connectivity index is 0.00000132. The number of Topliss-reactive ketones (excluding diaryl/α,β-unsaturated/α-hetero) is 1. The number of ketones is 1. The van der Waals surface area contributed by atoms with Gasteiger partial charge in [-0.05, 0) is 73.1 Å². The van der Waals surface area contributed by atoms with Crippen molar-refractivity contribution in [1.29, 1.82) is 0 Å². The van der Waals surface area contributed by atoms with Crippen molar-refractivity contribution >= 4 is 35.3 Å². The van der Waals surface area contributed by atoms with E-state index in [2.05, 4.69) is 13.0 Å². The summed E-state index contributed by atoms with van der Waals surface area (Å²) < 4.78 is 0. The van der Waals surface area contributed by atoms with Crippen LogP contribution in [0.4, 0.5) is 0 Å². The number of hydrogen-bond donors (Lipinski definition) is 1. The third kappa shape index (κ3) is 2.22. The van der Waals surface area contributed by atoms with Crippen molar-refractivity contribution in [3.8, 4) is 5.75 Å². The molecule has 1 unspecified atom stereocenters. The van der Waals surface area contributed by atoms with Crippen LogP contribution in [0.5, 0.6) is 5.75 Å². The van der Waals surface area contributed by atoms with Crippen LogP contribution in [0.25, 0.3) is 0 Å². The molecule has 3 aliphatic rings. The minimum absolute atomic E-state index is 0. The molecule has 3 aliphatic carbocycles. The van der Waals surface area contributed by atoms with Gasteiger partial charge >= 0.3 is 29.6 Å². The van der Waals surface area contributed by atoms with E-state index in [0.717, 1.165) is 32.1 Å². The topological polar surface area (TPSA) is 37.3 Å². The second-order valence-corrected chi connectivity index (χ2v) is 7.22. The molecule has 4 atom stereocenters. The van der Waals surface area contributed by atoms with Gasteiger partial charge in [0.25, 0.3) is 0 Å². The molecule has 21 heavy (non-hydrogen) atoms. The molecule has 2 saturated carbocycles. The summed E-state index contributed by atoms with van der Waals surface area (Å²) in [6.45, 7) is 2.22. The number of phenols is 1. The molecule has 0 spiro atoms. The first-order valence-electron chi connectivity index (χ1n) is 7.95. The number of aryl methyl sites for hydroxylation is 1. The van der Waals surface area contributed by atoms with E-state index in [1.165, 1.54) is 17.5 Å². The van der Waals surface area contributed by atoms with Gasteiger partial charge in [0.2, 0.25) is 0 Å². The van der Waals surface area contributed by atoms with Gasteiger partial charge < -0.3 is 5.11 Å². The van der Waals surface area contributed by atoms with E-state index < -0.39 is 0 Å². The number of rotatable bonds is 0. The van der Waals surface area contributed by atoms with Gasteiger partial charge in [0.1, 0.15) is 11.5 Å². The Hall–Kier alpha value is -0.310. The maximum atomic E-state index is 12.3. The Kier molecular flexibility index (Phi) is 4.01. The zero-order valence-electron chi connectivity index (χ0n) is 12.1. The fraction of sp³-hybridized carbons (Fsp3) is 0.611. The Morgan fingerprint density at radius 1 is 1.19 bits per heavy atom. The van der Waals surface area contributed by atoms with Gasteiger partial charge in [-0.1, -0.05) is 13.0 Å². The molecule has 0 amide bonds. The number of carbonyl (C=O) groups is 1. The normalized spacial score (nSPS) is 37.2. The van der Waals surface area contributed by atoms with Crippen molar-refractivity contribution in [3.63, 3.8) is 0 Å². The molecule has 0 bridgehead atoms. The van der Waals surface area contributed by atoms with Gasteiger partial charge in [-0.2, -0.15) is 0 Å². The first-order valence-corrected chi connectivity index (χ1v) is 7.95. The van der Waals surface area contributed by atoms with Gasteiger partial charge in [-0.25, -0.2) is 0 Å². The SMILES string of the molecule is C[C@]12CC[C@H]3c4ccc(O)cc4CC[C@@H]3C1CCC2=O.[NaH]. The average Bonchev–Trinajstić information content (AvgIpc) is 2.74. The zero-order valence-corrected chi connectivity index (χ0v) is 12.1. The van der Waals surface area contributed by atoms with Crippen LogP contribution < -0.4 is 0 Å². The van der Waals surface area contributed by atoms with Crippen LogP contribution >= 0.6 is 0 Å². The van der Waals surface area contributed by atoms with Crippen LogP contribution in [0.2, 0.25) is 0 Å². The van der Waals surface area contributed by atoms with Gasteiger partial charge in [0.15, 0.2) is 0 Å². The molecule has 1 N–H and O–H groups in total.